The van der Waals surface area contributed by atoms with Crippen molar-refractivity contribution >= 4 is 65.5 Å². The first-order valence-corrected chi connectivity index (χ1v) is 24.0. The molecule has 2 nitrogen and oxygen atoms in total. The molecule has 2 aliphatic rings. The summed E-state index contributed by atoms with van der Waals surface area (Å²) in [5.74, 6) is 0.640. The lowest BCUT2D eigenvalue weighted by Gasteiger charge is -2.32. The fraction of sp³-hybridized carbons (Fsp3) is 0.0606. The molecule has 13 rings (SSSR count). The summed E-state index contributed by atoms with van der Waals surface area (Å²) in [6.45, 7) is 0. The van der Waals surface area contributed by atoms with Gasteiger partial charge in [-0.25, -0.2) is 0 Å². The van der Waals surface area contributed by atoms with Crippen LogP contribution in [0, 0.1) is 0 Å². The SMILES string of the molecule is C1=CCC(c2ccc(N(C3=CCC(c4cccc5ccccc45)C=C3)c3ccc(-c4ccc(-n5c6cc7ccccc7cc6c6cc7ccccc7cc65)cc4)cc3)c(-c3ccccc3)c2)C=C1. The molecule has 2 atom stereocenters. The lowest BCUT2D eigenvalue weighted by atomic mass is 9.87. The Morgan fingerprint density at radius 3 is 1.69 bits per heavy atom. The quantitative estimate of drug-likeness (QED) is 0.148. The Morgan fingerprint density at radius 2 is 1.04 bits per heavy atom. The maximum absolute atomic E-state index is 2.47. The summed E-state index contributed by atoms with van der Waals surface area (Å²) >= 11 is 0. The van der Waals surface area contributed by atoms with Crippen molar-refractivity contribution in [3.8, 4) is 27.9 Å². The smallest absolute Gasteiger partial charge is 0.0547 e. The first-order chi connectivity index (χ1) is 33.7. The van der Waals surface area contributed by atoms with Crippen molar-refractivity contribution in [2.75, 3.05) is 4.90 Å². The summed E-state index contributed by atoms with van der Waals surface area (Å²) in [4.78, 5) is 2.47. The van der Waals surface area contributed by atoms with Crippen LogP contribution in [0.2, 0.25) is 0 Å². The Kier molecular flexibility index (Phi) is 9.83. The van der Waals surface area contributed by atoms with Crippen LogP contribution in [0.4, 0.5) is 11.4 Å². The minimum atomic E-state index is 0.292. The zero-order valence-corrected chi connectivity index (χ0v) is 37.7. The molecule has 0 saturated carbocycles. The van der Waals surface area contributed by atoms with Gasteiger partial charge in [-0.15, -0.1) is 0 Å². The van der Waals surface area contributed by atoms with Gasteiger partial charge in [-0.2, -0.15) is 0 Å². The third kappa shape index (κ3) is 7.05. The van der Waals surface area contributed by atoms with E-state index in [4.69, 9.17) is 0 Å². The number of hydrogen-bond donors (Lipinski definition) is 0. The van der Waals surface area contributed by atoms with Crippen LogP contribution in [0.1, 0.15) is 35.8 Å². The van der Waals surface area contributed by atoms with E-state index in [1.54, 1.807) is 0 Å². The molecule has 11 aromatic rings. The molecule has 2 heteroatoms. The zero-order chi connectivity index (χ0) is 45.0. The van der Waals surface area contributed by atoms with Crippen LogP contribution >= 0.6 is 0 Å². The first kappa shape index (κ1) is 39.9. The number of nitrogens with zero attached hydrogens (tertiary/aromatic N) is 2. The highest BCUT2D eigenvalue weighted by molar-refractivity contribution is 6.16. The second-order valence-corrected chi connectivity index (χ2v) is 18.4. The van der Waals surface area contributed by atoms with Crippen LogP contribution in [0.5, 0.6) is 0 Å². The van der Waals surface area contributed by atoms with E-state index in [-0.39, 0.29) is 0 Å². The van der Waals surface area contributed by atoms with Crippen LogP contribution < -0.4 is 4.90 Å². The van der Waals surface area contributed by atoms with E-state index in [9.17, 15) is 0 Å². The molecule has 0 saturated heterocycles. The van der Waals surface area contributed by atoms with Gasteiger partial charge in [0.1, 0.15) is 0 Å². The molecular weight excluding hydrogens is 821 g/mol. The molecule has 0 N–H and O–H groups in total. The average Bonchev–Trinajstić information content (AvgIpc) is 3.72. The Hall–Kier alpha value is -8.46. The van der Waals surface area contributed by atoms with Crippen LogP contribution in [0.3, 0.4) is 0 Å². The van der Waals surface area contributed by atoms with Crippen LogP contribution in [0.25, 0.3) is 82.1 Å². The van der Waals surface area contributed by atoms with Gasteiger partial charge in [-0.1, -0.05) is 188 Å². The normalized spacial score (nSPS) is 15.7. The summed E-state index contributed by atoms with van der Waals surface area (Å²) in [6, 6.07) is 78.6. The van der Waals surface area contributed by atoms with Gasteiger partial charge in [0.05, 0.1) is 16.7 Å². The number of benzene rings is 10. The van der Waals surface area contributed by atoms with Crippen molar-refractivity contribution in [1.29, 1.82) is 0 Å². The highest BCUT2D eigenvalue weighted by Crippen LogP contribution is 2.44. The van der Waals surface area contributed by atoms with Crippen LogP contribution in [0.15, 0.2) is 261 Å². The van der Waals surface area contributed by atoms with E-state index < -0.39 is 0 Å². The monoisotopic (exact) mass is 868 g/mol. The van der Waals surface area contributed by atoms with Crippen LogP contribution in [-0.4, -0.2) is 4.57 Å². The second-order valence-electron chi connectivity index (χ2n) is 18.4. The molecule has 0 bridgehead atoms. The van der Waals surface area contributed by atoms with E-state index in [1.165, 1.54) is 98.9 Å². The minimum Gasteiger partial charge on any atom is -0.310 e. The number of rotatable bonds is 8. The topological polar surface area (TPSA) is 8.17 Å². The van der Waals surface area contributed by atoms with Gasteiger partial charge >= 0.3 is 0 Å². The van der Waals surface area contributed by atoms with Crippen molar-refractivity contribution in [2.45, 2.75) is 24.7 Å². The third-order valence-electron chi connectivity index (χ3n) is 14.4. The molecule has 68 heavy (non-hydrogen) atoms. The van der Waals surface area contributed by atoms with E-state index in [0.29, 0.717) is 11.8 Å². The van der Waals surface area contributed by atoms with Crippen molar-refractivity contribution in [3.63, 3.8) is 0 Å². The summed E-state index contributed by atoms with van der Waals surface area (Å²) in [5, 5.41) is 10.2. The molecule has 1 aromatic heterocycles. The van der Waals surface area contributed by atoms with Gasteiger partial charge in [-0.05, 0) is 140 Å². The Morgan fingerprint density at radius 1 is 0.426 bits per heavy atom. The molecule has 0 fully saturated rings. The number of fused-ring (bicyclic) bond motifs is 6. The van der Waals surface area contributed by atoms with Crippen molar-refractivity contribution in [2.24, 2.45) is 0 Å². The van der Waals surface area contributed by atoms with Gasteiger partial charge < -0.3 is 9.47 Å². The summed E-state index contributed by atoms with van der Waals surface area (Å²) < 4.78 is 2.45. The highest BCUT2D eigenvalue weighted by Gasteiger charge is 2.24. The minimum absolute atomic E-state index is 0.292. The molecule has 2 aliphatic carbocycles. The molecule has 1 heterocycles. The molecule has 0 amide bonds. The first-order valence-electron chi connectivity index (χ1n) is 24.0. The molecule has 322 valence electrons. The van der Waals surface area contributed by atoms with E-state index >= 15 is 0 Å². The number of hydrogen-bond acceptors (Lipinski definition) is 1. The van der Waals surface area contributed by atoms with Crippen molar-refractivity contribution < 1.29 is 0 Å². The highest BCUT2D eigenvalue weighted by atomic mass is 15.1. The average molecular weight is 869 g/mol. The summed E-state index contributed by atoms with van der Waals surface area (Å²) in [6.07, 6.45) is 18.1. The molecule has 0 spiro atoms. The van der Waals surface area contributed by atoms with Gasteiger partial charge in [0.15, 0.2) is 0 Å². The molecule has 2 unspecified atom stereocenters. The Balaban J connectivity index is 0.891. The standard InChI is InChI=1S/C66H48N2/c1-3-14-45(15-4-1)55-32-39-64(61(40-55)49-16-5-2-6-17-49)67(57-37-30-50(31-38-57)60-25-13-23-48-18-11-12-24-59(48)60)56-33-26-46(27-34-56)47-28-35-58(36-29-47)68-65-43-53-21-9-7-19-51(53)41-62(65)63-42-52-20-8-10-22-54(52)44-66(63)68/h1-14,16-30,32-45,50H,15,31H2. The summed E-state index contributed by atoms with van der Waals surface area (Å²) in [7, 11) is 0. The largest absolute Gasteiger partial charge is 0.310 e. The van der Waals surface area contributed by atoms with Gasteiger partial charge in [-0.3, -0.25) is 0 Å². The lowest BCUT2D eigenvalue weighted by Crippen LogP contribution is -2.18. The Bertz CT molecular complexity index is 3750. The Labute approximate surface area is 397 Å². The number of aromatic nitrogens is 1. The predicted molar refractivity (Wildman–Crippen MR) is 289 cm³/mol. The molecule has 0 aliphatic heterocycles. The number of allylic oxidation sites excluding steroid dienone is 7. The molecular formula is C66H48N2. The van der Waals surface area contributed by atoms with Gasteiger partial charge in [0.25, 0.3) is 0 Å². The van der Waals surface area contributed by atoms with E-state index in [2.05, 4.69) is 264 Å². The summed E-state index contributed by atoms with van der Waals surface area (Å²) in [5.41, 5.74) is 14.6. The number of anilines is 2. The van der Waals surface area contributed by atoms with Gasteiger partial charge in [0, 0.05) is 45.2 Å². The van der Waals surface area contributed by atoms with E-state index in [1.807, 2.05) is 0 Å². The fourth-order valence-corrected chi connectivity index (χ4v) is 10.9. The maximum atomic E-state index is 2.47. The molecule has 0 radical (unpaired) electrons. The zero-order valence-electron chi connectivity index (χ0n) is 37.7. The second kappa shape index (κ2) is 16.8. The van der Waals surface area contributed by atoms with Crippen LogP contribution in [-0.2, 0) is 0 Å². The van der Waals surface area contributed by atoms with Crippen molar-refractivity contribution in [3.05, 3.63) is 272 Å². The fourth-order valence-electron chi connectivity index (χ4n) is 10.9. The third-order valence-corrected chi connectivity index (χ3v) is 14.4. The predicted octanol–water partition coefficient (Wildman–Crippen LogP) is 17.9. The maximum Gasteiger partial charge on any atom is 0.0547 e. The van der Waals surface area contributed by atoms with Crippen molar-refractivity contribution in [1.82, 2.24) is 4.57 Å². The van der Waals surface area contributed by atoms with E-state index in [0.717, 1.165) is 24.2 Å². The van der Waals surface area contributed by atoms with Gasteiger partial charge in [0.2, 0.25) is 0 Å². The lowest BCUT2D eigenvalue weighted by molar-refractivity contribution is 0.846. The molecule has 10 aromatic carbocycles.